The zero-order chi connectivity index (χ0) is 15.7. The second-order valence-corrected chi connectivity index (χ2v) is 5.73. The SMILES string of the molecule is CCCN1C(=O)c2ccc(Cl)cc2NC1c1cccc(F)c1. The lowest BCUT2D eigenvalue weighted by Gasteiger charge is -2.38. The van der Waals surface area contributed by atoms with E-state index in [0.29, 0.717) is 28.4 Å². The van der Waals surface area contributed by atoms with Crippen molar-refractivity contribution in [3.63, 3.8) is 0 Å². The molecule has 2 aromatic rings. The highest BCUT2D eigenvalue weighted by Crippen LogP contribution is 2.34. The maximum Gasteiger partial charge on any atom is 0.257 e. The van der Waals surface area contributed by atoms with Gasteiger partial charge in [0, 0.05) is 11.6 Å². The van der Waals surface area contributed by atoms with Crippen molar-refractivity contribution in [1.29, 1.82) is 0 Å². The van der Waals surface area contributed by atoms with E-state index in [1.807, 2.05) is 13.0 Å². The van der Waals surface area contributed by atoms with Crippen LogP contribution in [0.4, 0.5) is 10.1 Å². The molecule has 0 spiro atoms. The molecule has 0 saturated heterocycles. The van der Waals surface area contributed by atoms with Gasteiger partial charge in [0.1, 0.15) is 12.0 Å². The van der Waals surface area contributed by atoms with Gasteiger partial charge in [0.15, 0.2) is 0 Å². The molecule has 0 radical (unpaired) electrons. The summed E-state index contributed by atoms with van der Waals surface area (Å²) in [7, 11) is 0. The van der Waals surface area contributed by atoms with Gasteiger partial charge in [-0.3, -0.25) is 4.79 Å². The Kier molecular flexibility index (Phi) is 4.03. The van der Waals surface area contributed by atoms with Crippen molar-refractivity contribution in [1.82, 2.24) is 4.90 Å². The van der Waals surface area contributed by atoms with Crippen LogP contribution >= 0.6 is 11.6 Å². The fraction of sp³-hybridized carbons (Fsp3) is 0.235. The minimum atomic E-state index is -0.394. The summed E-state index contributed by atoms with van der Waals surface area (Å²) in [6.07, 6.45) is 0.427. The van der Waals surface area contributed by atoms with E-state index in [1.165, 1.54) is 12.1 Å². The molecule has 2 aromatic carbocycles. The molecule has 114 valence electrons. The number of carbonyl (C=O) groups excluding carboxylic acids is 1. The molecule has 1 heterocycles. The summed E-state index contributed by atoms with van der Waals surface area (Å²) >= 11 is 6.02. The van der Waals surface area contributed by atoms with Crippen molar-refractivity contribution in [3.05, 3.63) is 64.4 Å². The van der Waals surface area contributed by atoms with Gasteiger partial charge in [0.25, 0.3) is 5.91 Å². The fourth-order valence-electron chi connectivity index (χ4n) is 2.73. The summed E-state index contributed by atoms with van der Waals surface area (Å²) in [5.74, 6) is -0.387. The van der Waals surface area contributed by atoms with E-state index in [1.54, 1.807) is 29.2 Å². The van der Waals surface area contributed by atoms with Crippen molar-refractivity contribution >= 4 is 23.2 Å². The van der Waals surface area contributed by atoms with Gasteiger partial charge in [0.05, 0.1) is 11.3 Å². The van der Waals surface area contributed by atoms with Crippen LogP contribution < -0.4 is 5.32 Å². The quantitative estimate of drug-likeness (QED) is 0.906. The lowest BCUT2D eigenvalue weighted by molar-refractivity contribution is 0.0683. The predicted octanol–water partition coefficient (Wildman–Crippen LogP) is 4.46. The molecule has 0 saturated carbocycles. The Bertz CT molecular complexity index is 720. The van der Waals surface area contributed by atoms with Gasteiger partial charge in [0.2, 0.25) is 0 Å². The van der Waals surface area contributed by atoms with Gasteiger partial charge in [-0.05, 0) is 42.3 Å². The number of hydrogen-bond donors (Lipinski definition) is 1. The van der Waals surface area contributed by atoms with Crippen LogP contribution in [-0.4, -0.2) is 17.4 Å². The van der Waals surface area contributed by atoms with Gasteiger partial charge < -0.3 is 10.2 Å². The Labute approximate surface area is 133 Å². The van der Waals surface area contributed by atoms with Gasteiger partial charge in [-0.15, -0.1) is 0 Å². The highest BCUT2D eigenvalue weighted by Gasteiger charge is 2.32. The Balaban J connectivity index is 2.06. The number of anilines is 1. The number of carbonyl (C=O) groups is 1. The van der Waals surface area contributed by atoms with Gasteiger partial charge >= 0.3 is 0 Å². The first kappa shape index (κ1) is 14.9. The van der Waals surface area contributed by atoms with Gasteiger partial charge in [-0.1, -0.05) is 30.7 Å². The largest absolute Gasteiger partial charge is 0.361 e. The summed E-state index contributed by atoms with van der Waals surface area (Å²) in [6.45, 7) is 2.60. The number of halogens is 2. The summed E-state index contributed by atoms with van der Waals surface area (Å²) in [4.78, 5) is 14.5. The maximum atomic E-state index is 13.5. The molecule has 0 aromatic heterocycles. The average molecular weight is 319 g/mol. The standard InChI is InChI=1S/C17H16ClFN2O/c1-2-8-21-16(11-4-3-5-13(19)9-11)20-15-10-12(18)6-7-14(15)17(21)22/h3-7,9-10,16,20H,2,8H2,1H3. The third-order valence-electron chi connectivity index (χ3n) is 3.71. The number of rotatable bonds is 3. The molecule has 22 heavy (non-hydrogen) atoms. The van der Waals surface area contributed by atoms with Crippen LogP contribution in [0.5, 0.6) is 0 Å². The highest BCUT2D eigenvalue weighted by molar-refractivity contribution is 6.31. The van der Waals surface area contributed by atoms with Crippen molar-refractivity contribution in [3.8, 4) is 0 Å². The van der Waals surface area contributed by atoms with Crippen molar-refractivity contribution < 1.29 is 9.18 Å². The molecule has 1 aliphatic heterocycles. The number of nitrogens with zero attached hydrogens (tertiary/aromatic N) is 1. The molecule has 1 unspecified atom stereocenters. The van der Waals surface area contributed by atoms with Crippen LogP contribution in [-0.2, 0) is 0 Å². The zero-order valence-electron chi connectivity index (χ0n) is 12.1. The first-order valence-corrected chi connectivity index (χ1v) is 7.60. The number of nitrogens with one attached hydrogen (secondary N) is 1. The van der Waals surface area contributed by atoms with Crippen molar-refractivity contribution in [2.75, 3.05) is 11.9 Å². The van der Waals surface area contributed by atoms with E-state index < -0.39 is 6.17 Å². The van der Waals surface area contributed by atoms with Crippen LogP contribution in [0.3, 0.4) is 0 Å². The lowest BCUT2D eigenvalue weighted by atomic mass is 10.0. The molecule has 1 amide bonds. The highest BCUT2D eigenvalue weighted by atomic mass is 35.5. The summed E-state index contributed by atoms with van der Waals surface area (Å²) in [5.41, 5.74) is 1.98. The van der Waals surface area contributed by atoms with Crippen molar-refractivity contribution in [2.24, 2.45) is 0 Å². The number of hydrogen-bond acceptors (Lipinski definition) is 2. The Hall–Kier alpha value is -2.07. The monoisotopic (exact) mass is 318 g/mol. The van der Waals surface area contributed by atoms with Crippen LogP contribution in [0.25, 0.3) is 0 Å². The van der Waals surface area contributed by atoms with Crippen LogP contribution in [0.1, 0.15) is 35.4 Å². The van der Waals surface area contributed by atoms with E-state index in [-0.39, 0.29) is 11.7 Å². The zero-order valence-corrected chi connectivity index (χ0v) is 12.9. The summed E-state index contributed by atoms with van der Waals surface area (Å²) < 4.78 is 13.5. The summed E-state index contributed by atoms with van der Waals surface area (Å²) in [5, 5.41) is 3.86. The molecule has 0 aliphatic carbocycles. The maximum absolute atomic E-state index is 13.5. The average Bonchev–Trinajstić information content (AvgIpc) is 2.49. The van der Waals surface area contributed by atoms with E-state index >= 15 is 0 Å². The lowest BCUT2D eigenvalue weighted by Crippen LogP contribution is -2.43. The third-order valence-corrected chi connectivity index (χ3v) is 3.94. The second-order valence-electron chi connectivity index (χ2n) is 5.29. The molecule has 0 fully saturated rings. The minimum absolute atomic E-state index is 0.0680. The Morgan fingerprint density at radius 1 is 1.27 bits per heavy atom. The fourth-order valence-corrected chi connectivity index (χ4v) is 2.90. The summed E-state index contributed by atoms with van der Waals surface area (Å²) in [6, 6.07) is 11.4. The molecule has 3 rings (SSSR count). The Morgan fingerprint density at radius 3 is 2.82 bits per heavy atom. The minimum Gasteiger partial charge on any atom is -0.361 e. The first-order valence-electron chi connectivity index (χ1n) is 7.22. The van der Waals surface area contributed by atoms with E-state index in [2.05, 4.69) is 5.32 Å². The molecule has 1 aliphatic rings. The first-order chi connectivity index (χ1) is 10.6. The molecule has 5 heteroatoms. The normalized spacial score (nSPS) is 17.1. The Morgan fingerprint density at radius 2 is 2.09 bits per heavy atom. The van der Waals surface area contributed by atoms with Gasteiger partial charge in [-0.2, -0.15) is 0 Å². The third kappa shape index (κ3) is 2.66. The number of fused-ring (bicyclic) bond motifs is 1. The van der Waals surface area contributed by atoms with E-state index in [0.717, 1.165) is 6.42 Å². The molecule has 1 atom stereocenters. The smallest absolute Gasteiger partial charge is 0.257 e. The molecule has 0 bridgehead atoms. The number of amides is 1. The van der Waals surface area contributed by atoms with Gasteiger partial charge in [-0.25, -0.2) is 4.39 Å². The molecular weight excluding hydrogens is 303 g/mol. The predicted molar refractivity (Wildman–Crippen MR) is 85.5 cm³/mol. The van der Waals surface area contributed by atoms with Crippen molar-refractivity contribution in [2.45, 2.75) is 19.5 Å². The second kappa shape index (κ2) is 5.97. The van der Waals surface area contributed by atoms with Crippen LogP contribution in [0.2, 0.25) is 5.02 Å². The molecular formula is C17H16ClFN2O. The van der Waals surface area contributed by atoms with Crippen LogP contribution in [0.15, 0.2) is 42.5 Å². The van der Waals surface area contributed by atoms with Crippen LogP contribution in [0, 0.1) is 5.82 Å². The molecule has 3 nitrogen and oxygen atoms in total. The molecule has 1 N–H and O–H groups in total. The number of benzene rings is 2. The topological polar surface area (TPSA) is 32.3 Å². The van der Waals surface area contributed by atoms with E-state index in [9.17, 15) is 9.18 Å². The van der Waals surface area contributed by atoms with E-state index in [4.69, 9.17) is 11.6 Å².